The Kier molecular flexibility index (Phi) is 5.02. The smallest absolute Gasteiger partial charge is 0.293 e. The summed E-state index contributed by atoms with van der Waals surface area (Å²) in [6.45, 7) is 2.34. The molecule has 0 spiro atoms. The standard InChI is InChI=1S/C18H16N4O3/c19-13-15(16-3-1-2-6-20-16)11-14-4-5-17(18(12-14)22(23)24)21-7-9-25-10-8-21/h1-6,11-12H,7-10H2/b15-11+. The van der Waals surface area contributed by atoms with E-state index in [1.54, 1.807) is 42.6 Å². The van der Waals surface area contributed by atoms with Gasteiger partial charge in [-0.1, -0.05) is 12.1 Å². The maximum atomic E-state index is 11.5. The van der Waals surface area contributed by atoms with Gasteiger partial charge < -0.3 is 9.64 Å². The number of anilines is 1. The van der Waals surface area contributed by atoms with Gasteiger partial charge in [0.2, 0.25) is 0 Å². The Balaban J connectivity index is 1.98. The van der Waals surface area contributed by atoms with Crippen LogP contribution in [-0.2, 0) is 4.74 Å². The number of benzene rings is 1. The van der Waals surface area contributed by atoms with Crippen molar-refractivity contribution in [1.82, 2.24) is 4.98 Å². The van der Waals surface area contributed by atoms with E-state index >= 15 is 0 Å². The molecular weight excluding hydrogens is 320 g/mol. The summed E-state index contributed by atoms with van der Waals surface area (Å²) in [6, 6.07) is 12.4. The number of hydrogen-bond donors (Lipinski definition) is 0. The molecule has 0 N–H and O–H groups in total. The molecule has 0 unspecified atom stereocenters. The van der Waals surface area contributed by atoms with Crippen LogP contribution < -0.4 is 4.90 Å². The van der Waals surface area contributed by atoms with Crippen molar-refractivity contribution in [3.8, 4) is 6.07 Å². The van der Waals surface area contributed by atoms with Crippen LogP contribution >= 0.6 is 0 Å². The van der Waals surface area contributed by atoms with Gasteiger partial charge in [0.1, 0.15) is 11.8 Å². The third-order valence-corrected chi connectivity index (χ3v) is 3.92. The van der Waals surface area contributed by atoms with Crippen LogP contribution in [0.4, 0.5) is 11.4 Å². The summed E-state index contributed by atoms with van der Waals surface area (Å²) in [7, 11) is 0. The molecule has 1 aliphatic heterocycles. The molecule has 2 heterocycles. The number of nitrogens with zero attached hydrogens (tertiary/aromatic N) is 4. The average molecular weight is 336 g/mol. The predicted molar refractivity (Wildman–Crippen MR) is 93.8 cm³/mol. The van der Waals surface area contributed by atoms with Crippen LogP contribution in [0.1, 0.15) is 11.3 Å². The summed E-state index contributed by atoms with van der Waals surface area (Å²) in [6.07, 6.45) is 3.21. The summed E-state index contributed by atoms with van der Waals surface area (Å²) in [4.78, 5) is 17.2. The molecule has 1 aromatic heterocycles. The zero-order valence-corrected chi connectivity index (χ0v) is 13.5. The molecule has 3 rings (SSSR count). The minimum atomic E-state index is -0.394. The van der Waals surface area contributed by atoms with Crippen molar-refractivity contribution in [3.05, 3.63) is 64.0 Å². The van der Waals surface area contributed by atoms with Gasteiger partial charge in [0, 0.05) is 25.4 Å². The average Bonchev–Trinajstić information content (AvgIpc) is 2.67. The van der Waals surface area contributed by atoms with Crippen LogP contribution in [0.25, 0.3) is 11.6 Å². The largest absolute Gasteiger partial charge is 0.378 e. The first-order valence-corrected chi connectivity index (χ1v) is 7.83. The number of hydrogen-bond acceptors (Lipinski definition) is 6. The molecule has 126 valence electrons. The van der Waals surface area contributed by atoms with E-state index in [2.05, 4.69) is 11.1 Å². The maximum Gasteiger partial charge on any atom is 0.293 e. The molecule has 0 aliphatic carbocycles. The molecule has 2 aromatic rings. The van der Waals surface area contributed by atoms with Crippen molar-refractivity contribution in [2.45, 2.75) is 0 Å². The first-order valence-electron chi connectivity index (χ1n) is 7.83. The second-order valence-electron chi connectivity index (χ2n) is 5.49. The van der Waals surface area contributed by atoms with Gasteiger partial charge in [0.15, 0.2) is 0 Å². The van der Waals surface area contributed by atoms with E-state index in [-0.39, 0.29) is 5.69 Å². The second-order valence-corrected chi connectivity index (χ2v) is 5.49. The first-order chi connectivity index (χ1) is 12.2. The minimum Gasteiger partial charge on any atom is -0.378 e. The Labute approximate surface area is 144 Å². The molecule has 25 heavy (non-hydrogen) atoms. The fraction of sp³-hybridized carbons (Fsp3) is 0.222. The number of nitro groups is 1. The first kappa shape index (κ1) is 16.6. The Morgan fingerprint density at radius 2 is 2.12 bits per heavy atom. The van der Waals surface area contributed by atoms with E-state index in [0.29, 0.717) is 48.8 Å². The quantitative estimate of drug-likeness (QED) is 0.484. The second kappa shape index (κ2) is 7.55. The van der Waals surface area contributed by atoms with Crippen molar-refractivity contribution >= 4 is 23.0 Å². The van der Waals surface area contributed by atoms with E-state index in [4.69, 9.17) is 4.74 Å². The monoisotopic (exact) mass is 336 g/mol. The number of nitro benzene ring substituents is 1. The SMILES string of the molecule is N#C/C(=C\c1ccc(N2CCOCC2)c([N+](=O)[O-])c1)c1ccccn1. The zero-order chi connectivity index (χ0) is 17.6. The van der Waals surface area contributed by atoms with Crippen LogP contribution in [0, 0.1) is 21.4 Å². The molecular formula is C18H16N4O3. The van der Waals surface area contributed by atoms with E-state index in [0.717, 1.165) is 0 Å². The van der Waals surface area contributed by atoms with Gasteiger partial charge in [0.05, 0.1) is 29.4 Å². The molecule has 1 saturated heterocycles. The minimum absolute atomic E-state index is 0.0222. The van der Waals surface area contributed by atoms with Crippen LogP contribution in [0.5, 0.6) is 0 Å². The number of rotatable bonds is 4. The van der Waals surface area contributed by atoms with E-state index in [1.165, 1.54) is 6.07 Å². The van der Waals surface area contributed by atoms with Gasteiger partial charge in [-0.15, -0.1) is 0 Å². The molecule has 0 amide bonds. The van der Waals surface area contributed by atoms with Crippen molar-refractivity contribution in [1.29, 1.82) is 5.26 Å². The van der Waals surface area contributed by atoms with Gasteiger partial charge in [-0.2, -0.15) is 5.26 Å². The molecule has 1 fully saturated rings. The normalized spacial score (nSPS) is 14.8. The van der Waals surface area contributed by atoms with E-state index < -0.39 is 4.92 Å². The maximum absolute atomic E-state index is 11.5. The highest BCUT2D eigenvalue weighted by Crippen LogP contribution is 2.31. The van der Waals surface area contributed by atoms with E-state index in [1.807, 2.05) is 4.90 Å². The topological polar surface area (TPSA) is 92.3 Å². The summed E-state index contributed by atoms with van der Waals surface area (Å²) in [5, 5.41) is 20.9. The highest BCUT2D eigenvalue weighted by molar-refractivity contribution is 5.89. The fourth-order valence-corrected chi connectivity index (χ4v) is 2.70. The Morgan fingerprint density at radius 3 is 2.76 bits per heavy atom. The molecule has 0 saturated carbocycles. The lowest BCUT2D eigenvalue weighted by molar-refractivity contribution is -0.384. The Bertz CT molecular complexity index is 837. The van der Waals surface area contributed by atoms with Crippen molar-refractivity contribution in [2.75, 3.05) is 31.2 Å². The van der Waals surface area contributed by atoms with Gasteiger partial charge in [-0.05, 0) is 29.8 Å². The number of nitriles is 1. The summed E-state index contributed by atoms with van der Waals surface area (Å²) in [5.41, 5.74) is 2.07. The number of aromatic nitrogens is 1. The summed E-state index contributed by atoms with van der Waals surface area (Å²) in [5.74, 6) is 0. The van der Waals surface area contributed by atoms with Gasteiger partial charge >= 0.3 is 0 Å². The molecule has 1 aromatic carbocycles. The van der Waals surface area contributed by atoms with Crippen LogP contribution in [0.2, 0.25) is 0 Å². The number of ether oxygens (including phenoxy) is 1. The molecule has 7 nitrogen and oxygen atoms in total. The summed E-state index contributed by atoms with van der Waals surface area (Å²) < 4.78 is 5.30. The highest BCUT2D eigenvalue weighted by atomic mass is 16.6. The van der Waals surface area contributed by atoms with Crippen LogP contribution in [0.15, 0.2) is 42.6 Å². The third kappa shape index (κ3) is 3.82. The molecule has 0 radical (unpaired) electrons. The van der Waals surface area contributed by atoms with Crippen LogP contribution in [0.3, 0.4) is 0 Å². The highest BCUT2D eigenvalue weighted by Gasteiger charge is 2.21. The molecule has 7 heteroatoms. The number of allylic oxidation sites excluding steroid dienone is 1. The lowest BCUT2D eigenvalue weighted by atomic mass is 10.1. The molecule has 1 aliphatic rings. The van der Waals surface area contributed by atoms with Crippen molar-refractivity contribution in [2.24, 2.45) is 0 Å². The fourth-order valence-electron chi connectivity index (χ4n) is 2.70. The van der Waals surface area contributed by atoms with Gasteiger partial charge in [0.25, 0.3) is 5.69 Å². The third-order valence-electron chi connectivity index (χ3n) is 3.92. The Morgan fingerprint density at radius 1 is 1.32 bits per heavy atom. The Hall–Kier alpha value is -3.24. The molecule has 0 atom stereocenters. The van der Waals surface area contributed by atoms with E-state index in [9.17, 15) is 15.4 Å². The predicted octanol–water partition coefficient (Wildman–Crippen LogP) is 2.89. The van der Waals surface area contributed by atoms with Gasteiger partial charge in [-0.25, -0.2) is 0 Å². The summed E-state index contributed by atoms with van der Waals surface area (Å²) >= 11 is 0. The zero-order valence-electron chi connectivity index (χ0n) is 13.5. The lowest BCUT2D eigenvalue weighted by Gasteiger charge is -2.28. The van der Waals surface area contributed by atoms with Gasteiger partial charge in [-0.3, -0.25) is 15.1 Å². The van der Waals surface area contributed by atoms with Crippen molar-refractivity contribution < 1.29 is 9.66 Å². The number of pyridine rings is 1. The lowest BCUT2D eigenvalue weighted by Crippen LogP contribution is -2.36. The molecule has 0 bridgehead atoms. The number of morpholine rings is 1. The van der Waals surface area contributed by atoms with Crippen molar-refractivity contribution in [3.63, 3.8) is 0 Å². The van der Waals surface area contributed by atoms with Crippen LogP contribution in [-0.4, -0.2) is 36.2 Å².